The zero-order valence-corrected chi connectivity index (χ0v) is 14.3. The molecule has 0 aliphatic carbocycles. The van der Waals surface area contributed by atoms with Crippen LogP contribution in [0.1, 0.15) is 36.9 Å². The average Bonchev–Trinajstić information content (AvgIpc) is 2.90. The summed E-state index contributed by atoms with van der Waals surface area (Å²) in [5.41, 5.74) is -0.645. The molecule has 1 aliphatic rings. The molecule has 9 heteroatoms. The van der Waals surface area contributed by atoms with Crippen molar-refractivity contribution in [2.24, 2.45) is 7.05 Å². The lowest BCUT2D eigenvalue weighted by Crippen LogP contribution is -2.49. The first kappa shape index (κ1) is 17.8. The van der Waals surface area contributed by atoms with Gasteiger partial charge >= 0.3 is 6.18 Å². The maximum atomic E-state index is 13.0. The summed E-state index contributed by atoms with van der Waals surface area (Å²) in [6.07, 6.45) is -4.82. The van der Waals surface area contributed by atoms with E-state index in [1.165, 1.54) is 6.07 Å². The molecule has 0 N–H and O–H groups in total. The summed E-state index contributed by atoms with van der Waals surface area (Å²) < 4.78 is 46.6. The van der Waals surface area contributed by atoms with Gasteiger partial charge in [-0.15, -0.1) is 5.10 Å². The molecule has 1 saturated heterocycles. The second-order valence-electron chi connectivity index (χ2n) is 6.88. The van der Waals surface area contributed by atoms with E-state index in [1.54, 1.807) is 17.8 Å². The third kappa shape index (κ3) is 4.16. The van der Waals surface area contributed by atoms with Crippen molar-refractivity contribution in [2.45, 2.75) is 38.3 Å². The fourth-order valence-corrected chi connectivity index (χ4v) is 3.09. The standard InChI is InChI=1S/C16H20F3N5O/c1-15(2)10-24(9-14-20-21-22-23(14)3)8-13(25-15)11-5-4-6-12(7-11)16(17,18)19/h4-7,13H,8-10H2,1-3H3. The molecule has 1 fully saturated rings. The second kappa shape index (κ2) is 6.38. The molecule has 1 aromatic carbocycles. The van der Waals surface area contributed by atoms with E-state index in [9.17, 15) is 13.2 Å². The quantitative estimate of drug-likeness (QED) is 0.847. The van der Waals surface area contributed by atoms with Gasteiger partial charge in [-0.25, -0.2) is 4.68 Å². The number of morpholine rings is 1. The molecule has 1 unspecified atom stereocenters. The van der Waals surface area contributed by atoms with Crippen LogP contribution in [-0.4, -0.2) is 43.8 Å². The molecule has 0 saturated carbocycles. The van der Waals surface area contributed by atoms with Crippen molar-refractivity contribution >= 4 is 0 Å². The first-order valence-electron chi connectivity index (χ1n) is 7.93. The van der Waals surface area contributed by atoms with Crippen LogP contribution in [0.3, 0.4) is 0 Å². The number of nitrogens with zero attached hydrogens (tertiary/aromatic N) is 5. The van der Waals surface area contributed by atoms with Gasteiger partial charge in [0.2, 0.25) is 0 Å². The van der Waals surface area contributed by atoms with Crippen molar-refractivity contribution in [3.8, 4) is 0 Å². The number of rotatable bonds is 3. The molecule has 2 aromatic rings. The monoisotopic (exact) mass is 355 g/mol. The number of aryl methyl sites for hydroxylation is 1. The maximum Gasteiger partial charge on any atom is 0.416 e. The molecular formula is C16H20F3N5O. The third-order valence-corrected chi connectivity index (χ3v) is 4.15. The van der Waals surface area contributed by atoms with Gasteiger partial charge in [-0.2, -0.15) is 13.2 Å². The molecule has 3 rings (SSSR count). The minimum absolute atomic E-state index is 0.452. The number of benzene rings is 1. The van der Waals surface area contributed by atoms with Crippen LogP contribution in [0.25, 0.3) is 0 Å². The number of tetrazole rings is 1. The Morgan fingerprint density at radius 1 is 1.32 bits per heavy atom. The summed E-state index contributed by atoms with van der Waals surface area (Å²) in [7, 11) is 1.76. The second-order valence-corrected chi connectivity index (χ2v) is 6.88. The molecule has 2 heterocycles. The van der Waals surface area contributed by atoms with Gasteiger partial charge in [-0.05, 0) is 42.0 Å². The Bertz CT molecular complexity index is 743. The maximum absolute atomic E-state index is 13.0. The Kier molecular flexibility index (Phi) is 4.54. The highest BCUT2D eigenvalue weighted by atomic mass is 19.4. The smallest absolute Gasteiger partial charge is 0.365 e. The largest absolute Gasteiger partial charge is 0.416 e. The molecule has 0 bridgehead atoms. The van der Waals surface area contributed by atoms with Crippen LogP contribution in [0.15, 0.2) is 24.3 Å². The fourth-order valence-electron chi connectivity index (χ4n) is 3.09. The van der Waals surface area contributed by atoms with E-state index < -0.39 is 23.4 Å². The highest BCUT2D eigenvalue weighted by Gasteiger charge is 2.36. The van der Waals surface area contributed by atoms with Crippen LogP contribution >= 0.6 is 0 Å². The molecule has 25 heavy (non-hydrogen) atoms. The SMILES string of the molecule is Cn1nnnc1CN1CC(c2cccc(C(F)(F)F)c2)OC(C)(C)C1. The van der Waals surface area contributed by atoms with E-state index in [0.717, 1.165) is 12.1 Å². The Hall–Kier alpha value is -2.00. The van der Waals surface area contributed by atoms with Gasteiger partial charge in [0.05, 0.1) is 23.8 Å². The Labute approximate surface area is 143 Å². The van der Waals surface area contributed by atoms with Crippen molar-refractivity contribution in [3.05, 3.63) is 41.2 Å². The van der Waals surface area contributed by atoms with Crippen LogP contribution in [0.2, 0.25) is 0 Å². The molecule has 0 amide bonds. The zero-order valence-electron chi connectivity index (χ0n) is 14.3. The number of ether oxygens (including phenoxy) is 1. The summed E-state index contributed by atoms with van der Waals surface area (Å²) in [6.45, 7) is 5.46. The summed E-state index contributed by atoms with van der Waals surface area (Å²) in [6, 6.07) is 5.32. The van der Waals surface area contributed by atoms with Crippen LogP contribution in [0.4, 0.5) is 13.2 Å². The van der Waals surface area contributed by atoms with E-state index in [1.807, 2.05) is 13.8 Å². The van der Waals surface area contributed by atoms with Crippen molar-refractivity contribution in [3.63, 3.8) is 0 Å². The summed E-state index contributed by atoms with van der Waals surface area (Å²) in [5, 5.41) is 11.4. The first-order chi connectivity index (χ1) is 11.6. The van der Waals surface area contributed by atoms with Gasteiger partial charge in [0, 0.05) is 20.1 Å². The Morgan fingerprint density at radius 2 is 2.08 bits per heavy atom. The molecule has 6 nitrogen and oxygen atoms in total. The Morgan fingerprint density at radius 3 is 2.72 bits per heavy atom. The predicted molar refractivity (Wildman–Crippen MR) is 83.4 cm³/mol. The van der Waals surface area contributed by atoms with E-state index in [0.29, 0.717) is 31.0 Å². The predicted octanol–water partition coefficient (Wildman–Crippen LogP) is 2.58. The number of hydrogen-bond donors (Lipinski definition) is 0. The van der Waals surface area contributed by atoms with Gasteiger partial charge in [-0.3, -0.25) is 4.90 Å². The van der Waals surface area contributed by atoms with Crippen molar-refractivity contribution in [1.29, 1.82) is 0 Å². The Balaban J connectivity index is 1.83. The van der Waals surface area contributed by atoms with E-state index in [-0.39, 0.29) is 0 Å². The first-order valence-corrected chi connectivity index (χ1v) is 7.93. The molecular weight excluding hydrogens is 335 g/mol. The normalized spacial score (nSPS) is 21.4. The van der Waals surface area contributed by atoms with Crippen LogP contribution in [0, 0.1) is 0 Å². The van der Waals surface area contributed by atoms with E-state index >= 15 is 0 Å². The zero-order chi connectivity index (χ0) is 18.2. The van der Waals surface area contributed by atoms with Gasteiger partial charge in [0.25, 0.3) is 0 Å². The van der Waals surface area contributed by atoms with Crippen LogP contribution in [0.5, 0.6) is 0 Å². The summed E-state index contributed by atoms with van der Waals surface area (Å²) >= 11 is 0. The number of halogens is 3. The number of alkyl halides is 3. The molecule has 1 aliphatic heterocycles. The van der Waals surface area contributed by atoms with Crippen LogP contribution in [-0.2, 0) is 24.5 Å². The molecule has 0 radical (unpaired) electrons. The minimum Gasteiger partial charge on any atom is -0.365 e. The summed E-state index contributed by atoms with van der Waals surface area (Å²) in [4.78, 5) is 2.10. The number of hydrogen-bond acceptors (Lipinski definition) is 5. The van der Waals surface area contributed by atoms with Crippen molar-refractivity contribution in [1.82, 2.24) is 25.1 Å². The van der Waals surface area contributed by atoms with Gasteiger partial charge in [0.15, 0.2) is 5.82 Å². The lowest BCUT2D eigenvalue weighted by molar-refractivity contribution is -0.143. The molecule has 136 valence electrons. The average molecular weight is 355 g/mol. The molecule has 0 spiro atoms. The van der Waals surface area contributed by atoms with E-state index in [4.69, 9.17) is 4.74 Å². The lowest BCUT2D eigenvalue weighted by Gasteiger charge is -2.42. The topological polar surface area (TPSA) is 56.1 Å². The van der Waals surface area contributed by atoms with Gasteiger partial charge in [0.1, 0.15) is 0 Å². The molecule has 1 aromatic heterocycles. The summed E-state index contributed by atoms with van der Waals surface area (Å²) in [5.74, 6) is 0.695. The highest BCUT2D eigenvalue weighted by Crippen LogP contribution is 2.35. The number of aromatic nitrogens is 4. The van der Waals surface area contributed by atoms with Crippen molar-refractivity contribution < 1.29 is 17.9 Å². The highest BCUT2D eigenvalue weighted by molar-refractivity contribution is 5.28. The molecule has 1 atom stereocenters. The van der Waals surface area contributed by atoms with Crippen LogP contribution < -0.4 is 0 Å². The minimum atomic E-state index is -4.37. The van der Waals surface area contributed by atoms with Gasteiger partial charge in [-0.1, -0.05) is 12.1 Å². The third-order valence-electron chi connectivity index (χ3n) is 4.15. The van der Waals surface area contributed by atoms with Gasteiger partial charge < -0.3 is 4.74 Å². The fraction of sp³-hybridized carbons (Fsp3) is 0.562. The van der Waals surface area contributed by atoms with Crippen molar-refractivity contribution in [2.75, 3.05) is 13.1 Å². The van der Waals surface area contributed by atoms with E-state index in [2.05, 4.69) is 20.4 Å². The lowest BCUT2D eigenvalue weighted by atomic mass is 9.99.